The normalized spacial score (nSPS) is 18.9. The van der Waals surface area contributed by atoms with Crippen LogP contribution in [0.2, 0.25) is 0 Å². The van der Waals surface area contributed by atoms with Crippen LogP contribution in [0.1, 0.15) is 12.8 Å². The van der Waals surface area contributed by atoms with E-state index in [0.717, 1.165) is 42.1 Å². The minimum Gasteiger partial charge on any atom is -0.381 e. The van der Waals surface area contributed by atoms with E-state index in [0.29, 0.717) is 5.88 Å². The molecule has 0 aliphatic carbocycles. The van der Waals surface area contributed by atoms with Gasteiger partial charge < -0.3 is 10.1 Å². The fourth-order valence-electron chi connectivity index (χ4n) is 2.18. The zero-order valence-corrected chi connectivity index (χ0v) is 11.4. The second kappa shape index (κ2) is 4.99. The van der Waals surface area contributed by atoms with Crippen molar-refractivity contribution < 1.29 is 4.74 Å². The van der Waals surface area contributed by atoms with Crippen molar-refractivity contribution in [1.29, 1.82) is 0 Å². The number of nitrogens with zero attached hydrogens (tertiary/aromatic N) is 2. The monoisotopic (exact) mass is 283 g/mol. The van der Waals surface area contributed by atoms with Gasteiger partial charge in [0.2, 0.25) is 0 Å². The summed E-state index contributed by atoms with van der Waals surface area (Å²) in [5, 5.41) is 5.55. The van der Waals surface area contributed by atoms with Crippen LogP contribution in [-0.4, -0.2) is 34.6 Å². The van der Waals surface area contributed by atoms with E-state index in [1.165, 1.54) is 0 Å². The van der Waals surface area contributed by atoms with Gasteiger partial charge >= 0.3 is 0 Å². The first-order valence-corrected chi connectivity index (χ1v) is 7.34. The number of fused-ring (bicyclic) bond motifs is 1. The molecule has 6 heteroatoms. The van der Waals surface area contributed by atoms with Crippen LogP contribution >= 0.6 is 22.9 Å². The van der Waals surface area contributed by atoms with Crippen LogP contribution in [-0.2, 0) is 4.74 Å². The Morgan fingerprint density at radius 2 is 2.22 bits per heavy atom. The van der Waals surface area contributed by atoms with Gasteiger partial charge in [0.1, 0.15) is 12.1 Å². The summed E-state index contributed by atoms with van der Waals surface area (Å²) in [5.74, 6) is 1.45. The minimum atomic E-state index is -0.106. The number of nitrogens with one attached hydrogen (secondary N) is 1. The molecule has 4 nitrogen and oxygen atoms in total. The summed E-state index contributed by atoms with van der Waals surface area (Å²) >= 11 is 7.80. The molecule has 0 saturated carbocycles. The van der Waals surface area contributed by atoms with E-state index in [1.54, 1.807) is 17.7 Å². The highest BCUT2D eigenvalue weighted by Gasteiger charge is 2.32. The molecule has 18 heavy (non-hydrogen) atoms. The Labute approximate surface area is 114 Å². The summed E-state index contributed by atoms with van der Waals surface area (Å²) in [6.07, 6.45) is 3.42. The van der Waals surface area contributed by atoms with Gasteiger partial charge in [-0.3, -0.25) is 0 Å². The summed E-state index contributed by atoms with van der Waals surface area (Å²) in [5.41, 5.74) is 0.875. The molecule has 2 aromatic rings. The summed E-state index contributed by atoms with van der Waals surface area (Å²) in [7, 11) is 0. The van der Waals surface area contributed by atoms with Gasteiger partial charge in [0.15, 0.2) is 0 Å². The van der Waals surface area contributed by atoms with E-state index in [-0.39, 0.29) is 5.54 Å². The third-order valence-corrected chi connectivity index (χ3v) is 4.75. The first kappa shape index (κ1) is 12.1. The van der Waals surface area contributed by atoms with Crippen molar-refractivity contribution in [3.05, 3.63) is 17.8 Å². The van der Waals surface area contributed by atoms with Crippen LogP contribution < -0.4 is 5.32 Å². The Morgan fingerprint density at radius 3 is 3.00 bits per heavy atom. The van der Waals surface area contributed by atoms with Crippen LogP contribution in [0.25, 0.3) is 10.2 Å². The number of thiophene rings is 1. The van der Waals surface area contributed by atoms with E-state index in [2.05, 4.69) is 15.3 Å². The van der Waals surface area contributed by atoms with Crippen LogP contribution in [0, 0.1) is 0 Å². The molecule has 0 atom stereocenters. The molecule has 0 aromatic carbocycles. The van der Waals surface area contributed by atoms with E-state index in [1.807, 2.05) is 11.4 Å². The van der Waals surface area contributed by atoms with Crippen molar-refractivity contribution in [2.24, 2.45) is 0 Å². The maximum absolute atomic E-state index is 6.15. The smallest absolute Gasteiger partial charge is 0.147 e. The van der Waals surface area contributed by atoms with Gasteiger partial charge in [0.25, 0.3) is 0 Å². The Kier molecular flexibility index (Phi) is 3.37. The van der Waals surface area contributed by atoms with Gasteiger partial charge in [-0.15, -0.1) is 22.9 Å². The second-order valence-electron chi connectivity index (χ2n) is 4.51. The fraction of sp³-hybridized carbons (Fsp3) is 0.500. The average molecular weight is 284 g/mol. The van der Waals surface area contributed by atoms with Gasteiger partial charge in [-0.25, -0.2) is 9.97 Å². The molecule has 0 unspecified atom stereocenters. The fourth-order valence-corrected chi connectivity index (χ4v) is 3.31. The first-order valence-electron chi connectivity index (χ1n) is 5.93. The lowest BCUT2D eigenvalue weighted by Crippen LogP contribution is -2.45. The summed E-state index contributed by atoms with van der Waals surface area (Å²) < 4.78 is 6.50. The number of anilines is 1. The van der Waals surface area contributed by atoms with Crippen molar-refractivity contribution in [2.75, 3.05) is 24.4 Å². The van der Waals surface area contributed by atoms with E-state index < -0.39 is 0 Å². The van der Waals surface area contributed by atoms with Crippen molar-refractivity contribution in [2.45, 2.75) is 18.4 Å². The van der Waals surface area contributed by atoms with Crippen molar-refractivity contribution >= 4 is 39.0 Å². The second-order valence-corrected chi connectivity index (χ2v) is 5.69. The van der Waals surface area contributed by atoms with Gasteiger partial charge in [-0.2, -0.15) is 0 Å². The minimum absolute atomic E-state index is 0.106. The standard InChI is InChI=1S/C12H14ClN3OS/c13-7-12(2-4-17-5-3-12)16-11-10-9(1-6-18-10)14-8-15-11/h1,6,8H,2-5,7H2,(H,14,15,16). The molecule has 3 rings (SSSR count). The molecule has 0 spiro atoms. The maximum atomic E-state index is 6.15. The highest BCUT2D eigenvalue weighted by atomic mass is 35.5. The number of halogens is 1. The molecule has 1 aliphatic rings. The van der Waals surface area contributed by atoms with Crippen molar-refractivity contribution in [3.63, 3.8) is 0 Å². The highest BCUT2D eigenvalue weighted by molar-refractivity contribution is 7.17. The van der Waals surface area contributed by atoms with E-state index in [9.17, 15) is 0 Å². The largest absolute Gasteiger partial charge is 0.381 e. The zero-order valence-electron chi connectivity index (χ0n) is 9.86. The quantitative estimate of drug-likeness (QED) is 0.880. The molecular weight excluding hydrogens is 270 g/mol. The molecule has 1 saturated heterocycles. The maximum Gasteiger partial charge on any atom is 0.147 e. The lowest BCUT2D eigenvalue weighted by Gasteiger charge is -2.36. The Bertz CT molecular complexity index is 539. The average Bonchev–Trinajstić information content (AvgIpc) is 2.89. The first-order chi connectivity index (χ1) is 8.83. The van der Waals surface area contributed by atoms with Crippen molar-refractivity contribution in [3.8, 4) is 0 Å². The van der Waals surface area contributed by atoms with E-state index in [4.69, 9.17) is 16.3 Å². The Morgan fingerprint density at radius 1 is 1.39 bits per heavy atom. The lowest BCUT2D eigenvalue weighted by molar-refractivity contribution is 0.0667. The highest BCUT2D eigenvalue weighted by Crippen LogP contribution is 2.31. The third kappa shape index (κ3) is 2.18. The zero-order chi connectivity index (χ0) is 12.4. The number of ether oxygens (including phenoxy) is 1. The van der Waals surface area contributed by atoms with Gasteiger partial charge in [-0.05, 0) is 24.3 Å². The molecule has 2 aromatic heterocycles. The van der Waals surface area contributed by atoms with Crippen LogP contribution in [0.3, 0.4) is 0 Å². The summed E-state index contributed by atoms with van der Waals surface area (Å²) in [4.78, 5) is 8.60. The third-order valence-electron chi connectivity index (χ3n) is 3.33. The predicted molar refractivity (Wildman–Crippen MR) is 74.5 cm³/mol. The van der Waals surface area contributed by atoms with Crippen LogP contribution in [0.15, 0.2) is 17.8 Å². The number of alkyl halides is 1. The molecule has 0 amide bonds. The van der Waals surface area contributed by atoms with Crippen LogP contribution in [0.5, 0.6) is 0 Å². The summed E-state index contributed by atoms with van der Waals surface area (Å²) in [6.45, 7) is 1.50. The lowest BCUT2D eigenvalue weighted by atomic mass is 9.92. The number of hydrogen-bond acceptors (Lipinski definition) is 5. The topological polar surface area (TPSA) is 47.0 Å². The molecule has 0 bridgehead atoms. The summed E-state index contributed by atoms with van der Waals surface area (Å²) in [6, 6.07) is 2.00. The SMILES string of the molecule is ClCC1(Nc2ncnc3ccsc23)CCOCC1. The number of aromatic nitrogens is 2. The molecule has 96 valence electrons. The molecule has 1 aliphatic heterocycles. The van der Waals surface area contributed by atoms with Gasteiger partial charge in [0.05, 0.1) is 15.8 Å². The molecule has 1 N–H and O–H groups in total. The molecule has 1 fully saturated rings. The van der Waals surface area contributed by atoms with E-state index >= 15 is 0 Å². The van der Waals surface area contributed by atoms with Crippen molar-refractivity contribution in [1.82, 2.24) is 9.97 Å². The number of rotatable bonds is 3. The molecular formula is C12H14ClN3OS. The van der Waals surface area contributed by atoms with Gasteiger partial charge in [-0.1, -0.05) is 0 Å². The number of hydrogen-bond donors (Lipinski definition) is 1. The predicted octanol–water partition coefficient (Wildman–Crippen LogP) is 2.89. The Hall–Kier alpha value is -0.910. The molecule has 3 heterocycles. The van der Waals surface area contributed by atoms with Gasteiger partial charge in [0, 0.05) is 19.1 Å². The Balaban J connectivity index is 1.92. The van der Waals surface area contributed by atoms with Crippen LogP contribution in [0.4, 0.5) is 5.82 Å². The molecule has 0 radical (unpaired) electrons.